The standard InChI is InChI=1S/C19H19N4O3PS.C2H6/c1-12-2-4-13(5-3-12)16-10-21-18(20)17(23-16)19(24)22-14-6-8-15(9-7-14)28-11-27(25)26;1-2/h2-10,25-26H,11H2,1H3,(H2,20,21)(H,22,24);1-2H3. The van der Waals surface area contributed by atoms with E-state index in [9.17, 15) is 4.79 Å². The molecule has 1 aromatic heterocycles. The lowest BCUT2D eigenvalue weighted by Crippen LogP contribution is -2.17. The van der Waals surface area contributed by atoms with Gasteiger partial charge in [0.2, 0.25) is 0 Å². The Bertz CT molecular complexity index is 967. The molecule has 0 saturated heterocycles. The smallest absolute Gasteiger partial charge is 0.278 e. The van der Waals surface area contributed by atoms with Crippen molar-refractivity contribution in [2.45, 2.75) is 25.7 Å². The Morgan fingerprint density at radius 3 is 2.33 bits per heavy atom. The first-order valence-electron chi connectivity index (χ1n) is 9.31. The molecule has 1 heterocycles. The maximum atomic E-state index is 12.6. The summed E-state index contributed by atoms with van der Waals surface area (Å²) in [5, 5.41) is 2.75. The lowest BCUT2D eigenvalue weighted by molar-refractivity contribution is 0.102. The molecule has 7 nitrogen and oxygen atoms in total. The Hall–Kier alpha value is -2.51. The molecule has 0 aliphatic rings. The van der Waals surface area contributed by atoms with Crippen LogP contribution in [0, 0.1) is 6.92 Å². The van der Waals surface area contributed by atoms with Gasteiger partial charge in [0.15, 0.2) is 19.9 Å². The maximum Gasteiger partial charge on any atom is 0.278 e. The van der Waals surface area contributed by atoms with E-state index >= 15 is 0 Å². The van der Waals surface area contributed by atoms with E-state index in [1.165, 1.54) is 11.8 Å². The molecule has 158 valence electrons. The molecule has 0 aliphatic carbocycles. The number of amides is 1. The Morgan fingerprint density at radius 1 is 1.10 bits per heavy atom. The minimum absolute atomic E-state index is 0.0554. The van der Waals surface area contributed by atoms with Crippen molar-refractivity contribution in [2.24, 2.45) is 0 Å². The zero-order valence-electron chi connectivity index (χ0n) is 17.0. The number of nitrogens with one attached hydrogen (secondary N) is 1. The number of anilines is 2. The number of aryl methyl sites for hydroxylation is 1. The number of hydrogen-bond acceptors (Lipinski definition) is 7. The molecule has 2 aromatic carbocycles. The molecular formula is C21H25N4O3PS. The highest BCUT2D eigenvalue weighted by atomic mass is 32.2. The number of nitrogens with zero attached hydrogens (tertiary/aromatic N) is 2. The zero-order chi connectivity index (χ0) is 22.1. The predicted molar refractivity (Wildman–Crippen MR) is 124 cm³/mol. The number of nitrogen functional groups attached to an aromatic ring is 1. The Morgan fingerprint density at radius 2 is 1.73 bits per heavy atom. The quantitative estimate of drug-likeness (QED) is 0.322. The molecule has 0 radical (unpaired) electrons. The van der Waals surface area contributed by atoms with E-state index in [1.54, 1.807) is 30.5 Å². The van der Waals surface area contributed by atoms with Crippen molar-refractivity contribution in [1.29, 1.82) is 0 Å². The SMILES string of the molecule is CC.Cc1ccc(-c2cnc(N)c(C(=O)Nc3ccc(SCP(O)O)cc3)n2)cc1. The number of carbonyl (C=O) groups excluding carboxylic acids is 1. The third-order valence-electron chi connectivity index (χ3n) is 3.82. The van der Waals surface area contributed by atoms with Gasteiger partial charge in [-0.25, -0.2) is 9.97 Å². The second-order valence-corrected chi connectivity index (χ2v) is 8.52. The summed E-state index contributed by atoms with van der Waals surface area (Å²) in [6, 6.07) is 14.8. The van der Waals surface area contributed by atoms with Gasteiger partial charge in [-0.05, 0) is 31.2 Å². The van der Waals surface area contributed by atoms with Gasteiger partial charge >= 0.3 is 0 Å². The zero-order valence-corrected chi connectivity index (χ0v) is 18.7. The van der Waals surface area contributed by atoms with Crippen LogP contribution in [-0.2, 0) is 0 Å². The summed E-state index contributed by atoms with van der Waals surface area (Å²) in [5.74, 6) is -0.395. The van der Waals surface area contributed by atoms with Crippen LogP contribution in [0.3, 0.4) is 0 Å². The van der Waals surface area contributed by atoms with Crippen molar-refractivity contribution in [3.63, 3.8) is 0 Å². The van der Waals surface area contributed by atoms with Crippen LogP contribution >= 0.6 is 20.1 Å². The molecule has 0 spiro atoms. The summed E-state index contributed by atoms with van der Waals surface area (Å²) in [4.78, 5) is 39.9. The fourth-order valence-corrected chi connectivity index (χ4v) is 3.77. The first kappa shape index (κ1) is 23.8. The molecule has 0 atom stereocenters. The minimum Gasteiger partial charge on any atom is -0.382 e. The number of aromatic nitrogens is 2. The summed E-state index contributed by atoms with van der Waals surface area (Å²) < 4.78 is 0. The molecule has 0 unspecified atom stereocenters. The van der Waals surface area contributed by atoms with Crippen LogP contribution in [0.4, 0.5) is 11.5 Å². The fraction of sp³-hybridized carbons (Fsp3) is 0.190. The lowest BCUT2D eigenvalue weighted by Gasteiger charge is -2.09. The van der Waals surface area contributed by atoms with Gasteiger partial charge in [-0.2, -0.15) is 0 Å². The molecule has 3 aromatic rings. The molecule has 0 aliphatic heterocycles. The number of rotatable bonds is 6. The summed E-state index contributed by atoms with van der Waals surface area (Å²) >= 11 is 1.33. The van der Waals surface area contributed by atoms with Crippen molar-refractivity contribution in [2.75, 3.05) is 16.5 Å². The predicted octanol–water partition coefficient (Wildman–Crippen LogP) is 4.66. The third kappa shape index (κ3) is 6.78. The average Bonchev–Trinajstić information content (AvgIpc) is 2.75. The highest BCUT2D eigenvalue weighted by molar-refractivity contribution is 8.03. The lowest BCUT2D eigenvalue weighted by atomic mass is 10.1. The van der Waals surface area contributed by atoms with Gasteiger partial charge in [0.1, 0.15) is 0 Å². The van der Waals surface area contributed by atoms with Crippen LogP contribution in [0.2, 0.25) is 0 Å². The van der Waals surface area contributed by atoms with E-state index in [-0.39, 0.29) is 17.0 Å². The number of benzene rings is 2. The Balaban J connectivity index is 0.00000155. The monoisotopic (exact) mass is 444 g/mol. The van der Waals surface area contributed by atoms with Crippen LogP contribution < -0.4 is 11.1 Å². The minimum atomic E-state index is -1.94. The van der Waals surface area contributed by atoms with Gasteiger partial charge in [0.05, 0.1) is 17.4 Å². The van der Waals surface area contributed by atoms with Gasteiger partial charge in [0, 0.05) is 16.1 Å². The molecule has 30 heavy (non-hydrogen) atoms. The highest BCUT2D eigenvalue weighted by Gasteiger charge is 2.15. The highest BCUT2D eigenvalue weighted by Crippen LogP contribution is 2.33. The summed E-state index contributed by atoms with van der Waals surface area (Å²) in [6.07, 6.45) is 1.54. The molecule has 0 saturated carbocycles. The molecule has 5 N–H and O–H groups in total. The van der Waals surface area contributed by atoms with Crippen LogP contribution in [-0.4, -0.2) is 31.2 Å². The first-order valence-corrected chi connectivity index (χ1v) is 11.7. The topological polar surface area (TPSA) is 121 Å². The molecule has 0 bridgehead atoms. The second kappa shape index (κ2) is 11.6. The third-order valence-corrected chi connectivity index (χ3v) is 5.87. The Labute approximate surface area is 181 Å². The van der Waals surface area contributed by atoms with Crippen LogP contribution in [0.25, 0.3) is 11.3 Å². The first-order chi connectivity index (χ1) is 14.4. The Kier molecular flexibility index (Phi) is 9.20. The van der Waals surface area contributed by atoms with Crippen LogP contribution in [0.1, 0.15) is 29.9 Å². The van der Waals surface area contributed by atoms with Crippen LogP contribution in [0.5, 0.6) is 0 Å². The average molecular weight is 444 g/mol. The van der Waals surface area contributed by atoms with E-state index in [2.05, 4.69) is 15.3 Å². The van der Waals surface area contributed by atoms with Crippen LogP contribution in [0.15, 0.2) is 59.6 Å². The molecule has 1 amide bonds. The van der Waals surface area contributed by atoms with Crippen molar-refractivity contribution in [3.8, 4) is 11.3 Å². The van der Waals surface area contributed by atoms with Gasteiger partial charge < -0.3 is 20.8 Å². The van der Waals surface area contributed by atoms with Crippen molar-refractivity contribution >= 4 is 37.5 Å². The molecule has 3 rings (SSSR count). The summed E-state index contributed by atoms with van der Waals surface area (Å²) in [5.41, 5.74) is 9.26. The number of thioether (sulfide) groups is 1. The van der Waals surface area contributed by atoms with Crippen molar-refractivity contribution in [1.82, 2.24) is 9.97 Å². The summed E-state index contributed by atoms with van der Waals surface area (Å²) in [6.45, 7) is 5.99. The van der Waals surface area contributed by atoms with Crippen molar-refractivity contribution in [3.05, 3.63) is 66.0 Å². The molecule has 9 heteroatoms. The molecule has 0 fully saturated rings. The van der Waals surface area contributed by atoms with E-state index in [1.807, 2.05) is 45.0 Å². The number of nitrogens with two attached hydrogens (primary N) is 1. The number of carbonyl (C=O) groups is 1. The van der Waals surface area contributed by atoms with E-state index in [0.717, 1.165) is 16.0 Å². The van der Waals surface area contributed by atoms with E-state index in [0.29, 0.717) is 11.4 Å². The van der Waals surface area contributed by atoms with Gasteiger partial charge in [-0.15, -0.1) is 11.8 Å². The largest absolute Gasteiger partial charge is 0.382 e. The van der Waals surface area contributed by atoms with Gasteiger partial charge in [-0.1, -0.05) is 43.7 Å². The normalized spacial score (nSPS) is 10.3. The number of hydrogen-bond donors (Lipinski definition) is 4. The molecular weight excluding hydrogens is 419 g/mol. The fourth-order valence-electron chi connectivity index (χ4n) is 2.39. The second-order valence-electron chi connectivity index (χ2n) is 5.98. The maximum absolute atomic E-state index is 12.6. The van der Waals surface area contributed by atoms with Gasteiger partial charge in [0.25, 0.3) is 5.91 Å². The van der Waals surface area contributed by atoms with E-state index in [4.69, 9.17) is 15.5 Å². The van der Waals surface area contributed by atoms with E-state index < -0.39 is 14.3 Å². The van der Waals surface area contributed by atoms with Gasteiger partial charge in [-0.3, -0.25) is 4.79 Å². The van der Waals surface area contributed by atoms with Crippen molar-refractivity contribution < 1.29 is 14.6 Å². The summed E-state index contributed by atoms with van der Waals surface area (Å²) in [7, 11) is -1.94.